The number of carbonyl (C=O) groups excluding carboxylic acids is 1. The maximum Gasteiger partial charge on any atom is 0.335 e. The Morgan fingerprint density at radius 3 is 2.56 bits per heavy atom. The molecule has 2 aliphatic heterocycles. The summed E-state index contributed by atoms with van der Waals surface area (Å²) in [7, 11) is 0. The molecule has 2 heterocycles. The summed E-state index contributed by atoms with van der Waals surface area (Å²) in [4.78, 5) is 25.3. The third kappa shape index (κ3) is 4.11. The number of carboxylic acids is 1. The molecule has 25 heavy (non-hydrogen) atoms. The van der Waals surface area contributed by atoms with Gasteiger partial charge in [0.25, 0.3) is 0 Å². The third-order valence-electron chi connectivity index (χ3n) is 4.54. The second-order valence-corrected chi connectivity index (χ2v) is 7.36. The monoisotopic (exact) mass is 348 g/mol. The molecule has 0 bridgehead atoms. The molecule has 0 saturated carbocycles. The largest absolute Gasteiger partial charge is 0.478 e. The Balaban J connectivity index is 1.61. The minimum atomic E-state index is -0.963. The van der Waals surface area contributed by atoms with Gasteiger partial charge in [-0.15, -0.1) is 0 Å². The maximum atomic E-state index is 12.6. The number of aromatic carboxylic acids is 1. The number of ether oxygens (including phenoxy) is 2. The highest BCUT2D eigenvalue weighted by atomic mass is 16.6. The van der Waals surface area contributed by atoms with Crippen molar-refractivity contribution < 1.29 is 24.2 Å². The number of hydrogen-bond donors (Lipinski definition) is 2. The summed E-state index contributed by atoms with van der Waals surface area (Å²) >= 11 is 0. The highest BCUT2D eigenvalue weighted by molar-refractivity contribution is 5.87. The van der Waals surface area contributed by atoms with Crippen LogP contribution in [0.15, 0.2) is 24.3 Å². The summed E-state index contributed by atoms with van der Waals surface area (Å²) in [5.74, 6) is -0.963. The molecule has 1 unspecified atom stereocenters. The van der Waals surface area contributed by atoms with Crippen LogP contribution < -0.4 is 5.32 Å². The van der Waals surface area contributed by atoms with Crippen molar-refractivity contribution in [2.24, 2.45) is 0 Å². The summed E-state index contributed by atoms with van der Waals surface area (Å²) in [6.45, 7) is 6.51. The van der Waals surface area contributed by atoms with E-state index in [1.807, 2.05) is 13.8 Å². The first kappa shape index (κ1) is 17.7. The van der Waals surface area contributed by atoms with Crippen molar-refractivity contribution in [2.45, 2.75) is 38.0 Å². The van der Waals surface area contributed by atoms with Crippen LogP contribution in [0.2, 0.25) is 0 Å². The molecule has 0 aliphatic carbocycles. The van der Waals surface area contributed by atoms with Gasteiger partial charge >= 0.3 is 12.0 Å². The Morgan fingerprint density at radius 2 is 1.96 bits per heavy atom. The van der Waals surface area contributed by atoms with Gasteiger partial charge in [0, 0.05) is 19.6 Å². The van der Waals surface area contributed by atoms with E-state index in [1.165, 1.54) is 12.1 Å². The van der Waals surface area contributed by atoms with E-state index in [4.69, 9.17) is 14.6 Å². The summed E-state index contributed by atoms with van der Waals surface area (Å²) in [6, 6.07) is 6.34. The van der Waals surface area contributed by atoms with Gasteiger partial charge in [-0.1, -0.05) is 12.1 Å². The van der Waals surface area contributed by atoms with Crippen LogP contribution in [0.1, 0.15) is 36.2 Å². The molecule has 2 fully saturated rings. The minimum absolute atomic E-state index is 0.148. The van der Waals surface area contributed by atoms with Crippen LogP contribution in [0.25, 0.3) is 0 Å². The van der Waals surface area contributed by atoms with E-state index in [-0.39, 0.29) is 11.6 Å². The fraction of sp³-hybridized carbons (Fsp3) is 0.556. The predicted molar refractivity (Wildman–Crippen MR) is 90.5 cm³/mol. The van der Waals surface area contributed by atoms with Gasteiger partial charge in [-0.25, -0.2) is 9.59 Å². The van der Waals surface area contributed by atoms with Gasteiger partial charge in [0.1, 0.15) is 5.60 Å². The molecule has 1 aromatic rings. The zero-order valence-corrected chi connectivity index (χ0v) is 14.6. The van der Waals surface area contributed by atoms with Gasteiger partial charge < -0.3 is 24.8 Å². The van der Waals surface area contributed by atoms with Crippen LogP contribution in [-0.4, -0.2) is 59.5 Å². The van der Waals surface area contributed by atoms with E-state index >= 15 is 0 Å². The number of carboxylic acid groups (broad SMARTS) is 1. The molecule has 2 amide bonds. The van der Waals surface area contributed by atoms with Gasteiger partial charge in [0.2, 0.25) is 0 Å². The zero-order chi connectivity index (χ0) is 18.1. The van der Waals surface area contributed by atoms with E-state index in [0.29, 0.717) is 32.8 Å². The molecule has 1 aromatic carbocycles. The number of urea groups is 1. The number of hydrogen-bond acceptors (Lipinski definition) is 4. The van der Waals surface area contributed by atoms with Gasteiger partial charge in [-0.05, 0) is 31.5 Å². The minimum Gasteiger partial charge on any atom is -0.478 e. The molecular formula is C18H24N2O5. The van der Waals surface area contributed by atoms with E-state index in [9.17, 15) is 9.59 Å². The first-order valence-corrected chi connectivity index (χ1v) is 8.42. The van der Waals surface area contributed by atoms with Crippen LogP contribution in [0.5, 0.6) is 0 Å². The number of amides is 2. The second-order valence-electron chi connectivity index (χ2n) is 7.36. The number of nitrogens with zero attached hydrogens (tertiary/aromatic N) is 1. The molecule has 2 saturated heterocycles. The van der Waals surface area contributed by atoms with Crippen molar-refractivity contribution >= 4 is 12.0 Å². The molecule has 1 spiro atoms. The number of rotatable bonds is 3. The first-order chi connectivity index (χ1) is 11.8. The first-order valence-electron chi connectivity index (χ1n) is 8.42. The highest BCUT2D eigenvalue weighted by Gasteiger charge is 2.47. The molecule has 7 nitrogen and oxygen atoms in total. The topological polar surface area (TPSA) is 88.1 Å². The van der Waals surface area contributed by atoms with Crippen molar-refractivity contribution in [3.8, 4) is 0 Å². The lowest BCUT2D eigenvalue weighted by atomic mass is 9.95. The Kier molecular flexibility index (Phi) is 4.71. The summed E-state index contributed by atoms with van der Waals surface area (Å²) in [5.41, 5.74) is 0.243. The van der Waals surface area contributed by atoms with Crippen LogP contribution in [0.4, 0.5) is 4.79 Å². The molecule has 2 N–H and O–H groups in total. The lowest BCUT2D eigenvalue weighted by molar-refractivity contribution is -0.185. The van der Waals surface area contributed by atoms with Crippen molar-refractivity contribution in [1.29, 1.82) is 0 Å². The average molecular weight is 348 g/mol. The number of carbonyl (C=O) groups is 2. The Hall–Kier alpha value is -2.12. The normalized spacial score (nSPS) is 25.1. The Morgan fingerprint density at radius 1 is 1.24 bits per heavy atom. The van der Waals surface area contributed by atoms with E-state index in [0.717, 1.165) is 12.0 Å². The van der Waals surface area contributed by atoms with Crippen molar-refractivity contribution in [2.75, 3.05) is 26.3 Å². The third-order valence-corrected chi connectivity index (χ3v) is 4.54. The predicted octanol–water partition coefficient (Wildman–Crippen LogP) is 1.86. The summed E-state index contributed by atoms with van der Waals surface area (Å²) < 4.78 is 11.7. The standard InChI is InChI=1S/C18H24N2O5/c1-17(2)10-20(11-18(25-17)7-8-24-12-18)16(23)19-9-13-3-5-14(6-4-13)15(21)22/h3-6H,7-12H2,1-2H3,(H,19,23)(H,21,22). The Bertz CT molecular complexity index is 650. The molecule has 1 atom stereocenters. The lowest BCUT2D eigenvalue weighted by Gasteiger charge is -2.47. The van der Waals surface area contributed by atoms with E-state index in [1.54, 1.807) is 17.0 Å². The molecule has 7 heteroatoms. The van der Waals surface area contributed by atoms with Crippen LogP contribution in [-0.2, 0) is 16.0 Å². The molecule has 3 rings (SSSR count). The molecular weight excluding hydrogens is 324 g/mol. The summed E-state index contributed by atoms with van der Waals surface area (Å²) in [5, 5.41) is 11.8. The van der Waals surface area contributed by atoms with Crippen molar-refractivity contribution in [3.63, 3.8) is 0 Å². The van der Waals surface area contributed by atoms with Crippen molar-refractivity contribution in [3.05, 3.63) is 35.4 Å². The number of nitrogens with one attached hydrogen (secondary N) is 1. The average Bonchev–Trinajstić information content (AvgIpc) is 2.98. The summed E-state index contributed by atoms with van der Waals surface area (Å²) in [6.07, 6.45) is 0.789. The maximum absolute atomic E-state index is 12.6. The van der Waals surface area contributed by atoms with E-state index < -0.39 is 17.2 Å². The fourth-order valence-electron chi connectivity index (χ4n) is 3.51. The zero-order valence-electron chi connectivity index (χ0n) is 14.6. The molecule has 0 radical (unpaired) electrons. The van der Waals surface area contributed by atoms with Gasteiger partial charge in [0.15, 0.2) is 0 Å². The second kappa shape index (κ2) is 6.65. The number of benzene rings is 1. The van der Waals surface area contributed by atoms with Crippen LogP contribution in [0.3, 0.4) is 0 Å². The van der Waals surface area contributed by atoms with Crippen LogP contribution >= 0.6 is 0 Å². The molecule has 136 valence electrons. The van der Waals surface area contributed by atoms with Gasteiger partial charge in [-0.3, -0.25) is 0 Å². The molecule has 0 aromatic heterocycles. The van der Waals surface area contributed by atoms with Gasteiger partial charge in [0.05, 0.1) is 30.9 Å². The smallest absolute Gasteiger partial charge is 0.335 e. The molecule has 2 aliphatic rings. The fourth-order valence-corrected chi connectivity index (χ4v) is 3.51. The Labute approximate surface area is 146 Å². The van der Waals surface area contributed by atoms with Gasteiger partial charge in [-0.2, -0.15) is 0 Å². The number of morpholine rings is 1. The lowest BCUT2D eigenvalue weighted by Crippen LogP contribution is -2.62. The van der Waals surface area contributed by atoms with Crippen molar-refractivity contribution in [1.82, 2.24) is 10.2 Å². The highest BCUT2D eigenvalue weighted by Crippen LogP contribution is 2.34. The van der Waals surface area contributed by atoms with E-state index in [2.05, 4.69) is 5.32 Å². The SMILES string of the molecule is CC1(C)CN(C(=O)NCc2ccc(C(=O)O)cc2)CC2(CCOC2)O1. The van der Waals surface area contributed by atoms with Crippen LogP contribution in [0, 0.1) is 0 Å². The quantitative estimate of drug-likeness (QED) is 0.870.